The maximum absolute atomic E-state index is 6.38. The molecule has 0 amide bonds. The first-order chi connectivity index (χ1) is 16.2. The van der Waals surface area contributed by atoms with E-state index in [4.69, 9.17) is 25.0 Å². The Labute approximate surface area is 192 Å². The smallest absolute Gasteiger partial charge is 0.168 e. The highest BCUT2D eigenvalue weighted by atomic mass is 16.7. The lowest BCUT2D eigenvalue weighted by molar-refractivity contribution is -0.181. The summed E-state index contributed by atoms with van der Waals surface area (Å²) in [5, 5.41) is 5.99. The lowest BCUT2D eigenvalue weighted by Crippen LogP contribution is -2.36. The third-order valence-electron chi connectivity index (χ3n) is 6.63. The Morgan fingerprint density at radius 3 is 2.33 bits per heavy atom. The molecule has 2 fully saturated rings. The molecule has 3 heterocycles. The van der Waals surface area contributed by atoms with E-state index in [2.05, 4.69) is 9.67 Å². The Kier molecular flexibility index (Phi) is 5.00. The number of anilines is 1. The number of benzene rings is 2. The van der Waals surface area contributed by atoms with Gasteiger partial charge < -0.3 is 19.9 Å². The van der Waals surface area contributed by atoms with Crippen LogP contribution in [-0.2, 0) is 9.47 Å². The van der Waals surface area contributed by atoms with Crippen LogP contribution in [0.1, 0.15) is 31.7 Å². The van der Waals surface area contributed by atoms with E-state index in [1.165, 1.54) is 0 Å². The normalized spacial score (nSPS) is 18.2. The van der Waals surface area contributed by atoms with Gasteiger partial charge in [0.2, 0.25) is 0 Å². The summed E-state index contributed by atoms with van der Waals surface area (Å²) in [6.45, 7) is 1.37. The lowest BCUT2D eigenvalue weighted by atomic mass is 9.90. The van der Waals surface area contributed by atoms with E-state index in [9.17, 15) is 0 Å². The van der Waals surface area contributed by atoms with Crippen molar-refractivity contribution in [3.05, 3.63) is 67.0 Å². The van der Waals surface area contributed by atoms with Crippen molar-refractivity contribution in [1.29, 1.82) is 0 Å². The van der Waals surface area contributed by atoms with Gasteiger partial charge >= 0.3 is 0 Å². The number of hydrogen-bond donors (Lipinski definition) is 1. The van der Waals surface area contributed by atoms with Crippen molar-refractivity contribution >= 4 is 16.6 Å². The summed E-state index contributed by atoms with van der Waals surface area (Å²) < 4.78 is 19.9. The van der Waals surface area contributed by atoms with Crippen molar-refractivity contribution in [2.75, 3.05) is 18.9 Å². The molecule has 1 saturated carbocycles. The molecule has 1 saturated heterocycles. The maximum Gasteiger partial charge on any atom is 0.168 e. The molecule has 0 atom stereocenters. The van der Waals surface area contributed by atoms with Crippen LogP contribution in [0.4, 0.5) is 5.69 Å². The van der Waals surface area contributed by atoms with Gasteiger partial charge in [0.05, 0.1) is 48.2 Å². The standard InChI is InChI=1S/C26H26N4O3/c27-22-16-28-17-23-24(22)25(18-6-8-21(9-7-18)33-20-4-2-1-3-5-20)29-30(23)19-10-12-26(13-11-19)31-14-15-32-26/h1-9,16-17,19H,10-15,27H2. The Morgan fingerprint density at radius 2 is 1.61 bits per heavy atom. The number of nitrogens with two attached hydrogens (primary N) is 1. The van der Waals surface area contributed by atoms with Crippen molar-refractivity contribution in [1.82, 2.24) is 14.8 Å². The molecule has 1 spiro atoms. The zero-order valence-corrected chi connectivity index (χ0v) is 18.3. The van der Waals surface area contributed by atoms with Crippen molar-refractivity contribution in [2.45, 2.75) is 37.5 Å². The quantitative estimate of drug-likeness (QED) is 0.460. The van der Waals surface area contributed by atoms with Crippen LogP contribution in [0.15, 0.2) is 67.0 Å². The van der Waals surface area contributed by atoms with Gasteiger partial charge in [0.15, 0.2) is 5.79 Å². The summed E-state index contributed by atoms with van der Waals surface area (Å²) in [5.41, 5.74) is 9.84. The summed E-state index contributed by atoms with van der Waals surface area (Å²) in [4.78, 5) is 4.35. The molecule has 2 aliphatic rings. The molecular formula is C26H26N4O3. The minimum absolute atomic E-state index is 0.254. The average Bonchev–Trinajstić information content (AvgIpc) is 3.47. The number of rotatable bonds is 4. The number of ether oxygens (including phenoxy) is 3. The first-order valence-corrected chi connectivity index (χ1v) is 11.4. The van der Waals surface area contributed by atoms with E-state index in [0.717, 1.165) is 59.3 Å². The van der Waals surface area contributed by atoms with E-state index in [-0.39, 0.29) is 6.04 Å². The van der Waals surface area contributed by atoms with Crippen LogP contribution >= 0.6 is 0 Å². The van der Waals surface area contributed by atoms with Gasteiger partial charge in [-0.3, -0.25) is 9.67 Å². The predicted molar refractivity (Wildman–Crippen MR) is 126 cm³/mol. The molecule has 2 aromatic heterocycles. The van der Waals surface area contributed by atoms with Gasteiger partial charge in [-0.05, 0) is 49.2 Å². The van der Waals surface area contributed by atoms with Gasteiger partial charge in [-0.15, -0.1) is 0 Å². The van der Waals surface area contributed by atoms with E-state index in [0.29, 0.717) is 18.9 Å². The molecule has 33 heavy (non-hydrogen) atoms. The van der Waals surface area contributed by atoms with Crippen molar-refractivity contribution in [3.63, 3.8) is 0 Å². The van der Waals surface area contributed by atoms with E-state index < -0.39 is 5.79 Å². The first kappa shape index (κ1) is 20.2. The van der Waals surface area contributed by atoms with Crippen LogP contribution in [0.5, 0.6) is 11.5 Å². The number of aromatic nitrogens is 3. The Bertz CT molecular complexity index is 1250. The third kappa shape index (κ3) is 3.73. The number of para-hydroxylation sites is 1. The molecule has 0 unspecified atom stereocenters. The van der Waals surface area contributed by atoms with Crippen molar-refractivity contribution in [3.8, 4) is 22.8 Å². The lowest BCUT2D eigenvalue weighted by Gasteiger charge is -2.35. The fourth-order valence-corrected chi connectivity index (χ4v) is 4.97. The van der Waals surface area contributed by atoms with E-state index in [1.807, 2.05) is 60.8 Å². The fraction of sp³-hybridized carbons (Fsp3) is 0.308. The van der Waals surface area contributed by atoms with Crippen LogP contribution in [0.3, 0.4) is 0 Å². The fourth-order valence-electron chi connectivity index (χ4n) is 4.97. The monoisotopic (exact) mass is 442 g/mol. The Morgan fingerprint density at radius 1 is 0.909 bits per heavy atom. The number of fused-ring (bicyclic) bond motifs is 1. The third-order valence-corrected chi connectivity index (χ3v) is 6.63. The highest BCUT2D eigenvalue weighted by Crippen LogP contribution is 2.42. The number of pyridine rings is 1. The number of nitrogen functional groups attached to an aromatic ring is 1. The summed E-state index contributed by atoms with van der Waals surface area (Å²) in [6.07, 6.45) is 7.18. The second kappa shape index (κ2) is 8.17. The summed E-state index contributed by atoms with van der Waals surface area (Å²) in [5.74, 6) is 1.19. The molecule has 2 aromatic carbocycles. The molecule has 0 bridgehead atoms. The molecular weight excluding hydrogens is 416 g/mol. The SMILES string of the molecule is Nc1cncc2c1c(-c1ccc(Oc3ccccc3)cc1)nn2C1CCC2(CC1)OCCO2. The van der Waals surface area contributed by atoms with Crippen LogP contribution < -0.4 is 10.5 Å². The molecule has 7 nitrogen and oxygen atoms in total. The maximum atomic E-state index is 6.38. The van der Waals surface area contributed by atoms with Gasteiger partial charge in [0.1, 0.15) is 17.2 Å². The summed E-state index contributed by atoms with van der Waals surface area (Å²) >= 11 is 0. The highest BCUT2D eigenvalue weighted by molar-refractivity contribution is 6.01. The van der Waals surface area contributed by atoms with Gasteiger partial charge in [-0.2, -0.15) is 5.10 Å². The summed E-state index contributed by atoms with van der Waals surface area (Å²) in [7, 11) is 0. The summed E-state index contributed by atoms with van der Waals surface area (Å²) in [6, 6.07) is 18.0. The average molecular weight is 443 g/mol. The minimum atomic E-state index is -0.395. The Balaban J connectivity index is 1.32. The zero-order chi connectivity index (χ0) is 22.3. The highest BCUT2D eigenvalue weighted by Gasteiger charge is 2.41. The molecule has 6 rings (SSSR count). The molecule has 2 N–H and O–H groups in total. The number of nitrogens with zero attached hydrogens (tertiary/aromatic N) is 3. The minimum Gasteiger partial charge on any atom is -0.457 e. The van der Waals surface area contributed by atoms with Crippen molar-refractivity contribution in [2.24, 2.45) is 0 Å². The molecule has 7 heteroatoms. The molecule has 1 aliphatic heterocycles. The van der Waals surface area contributed by atoms with Crippen LogP contribution in [-0.4, -0.2) is 33.8 Å². The van der Waals surface area contributed by atoms with Crippen LogP contribution in [0.25, 0.3) is 22.2 Å². The van der Waals surface area contributed by atoms with E-state index >= 15 is 0 Å². The van der Waals surface area contributed by atoms with Gasteiger partial charge in [0, 0.05) is 18.4 Å². The predicted octanol–water partition coefficient (Wildman–Crippen LogP) is 5.33. The van der Waals surface area contributed by atoms with Gasteiger partial charge in [-0.25, -0.2) is 0 Å². The number of hydrogen-bond acceptors (Lipinski definition) is 6. The van der Waals surface area contributed by atoms with Gasteiger partial charge in [-0.1, -0.05) is 18.2 Å². The molecule has 4 aromatic rings. The van der Waals surface area contributed by atoms with E-state index in [1.54, 1.807) is 6.20 Å². The second-order valence-electron chi connectivity index (χ2n) is 8.69. The Hall–Kier alpha value is -3.42. The van der Waals surface area contributed by atoms with Crippen molar-refractivity contribution < 1.29 is 14.2 Å². The molecule has 168 valence electrons. The molecule has 0 radical (unpaired) electrons. The van der Waals surface area contributed by atoms with Crippen LogP contribution in [0, 0.1) is 0 Å². The second-order valence-corrected chi connectivity index (χ2v) is 8.69. The zero-order valence-electron chi connectivity index (χ0n) is 18.3. The topological polar surface area (TPSA) is 84.4 Å². The van der Waals surface area contributed by atoms with Crippen LogP contribution in [0.2, 0.25) is 0 Å². The van der Waals surface area contributed by atoms with Gasteiger partial charge in [0.25, 0.3) is 0 Å². The largest absolute Gasteiger partial charge is 0.457 e. The first-order valence-electron chi connectivity index (χ1n) is 11.4. The molecule has 1 aliphatic carbocycles.